The number of alkyl carbamates (subject to hydrolysis) is 1. The highest BCUT2D eigenvalue weighted by Crippen LogP contribution is 2.25. The maximum absolute atomic E-state index is 13.2. The first-order valence-corrected chi connectivity index (χ1v) is 10.9. The molecule has 0 heterocycles. The molecule has 0 bridgehead atoms. The van der Waals surface area contributed by atoms with Gasteiger partial charge in [0.2, 0.25) is 11.8 Å². The van der Waals surface area contributed by atoms with E-state index in [9.17, 15) is 19.2 Å². The highest BCUT2D eigenvalue weighted by molar-refractivity contribution is 5.91. The minimum atomic E-state index is -1.12. The number of carbonyl (C=O) groups excluding carboxylic acids is 4. The Balaban J connectivity index is 3.17. The molecule has 9 heteroatoms. The topological polar surface area (TPSA) is 114 Å². The number of rotatable bonds is 11. The van der Waals surface area contributed by atoms with Crippen molar-refractivity contribution in [3.8, 4) is 12.3 Å². The van der Waals surface area contributed by atoms with Crippen molar-refractivity contribution in [1.82, 2.24) is 15.5 Å². The van der Waals surface area contributed by atoms with Crippen LogP contribution in [0.1, 0.15) is 51.3 Å². The predicted molar refractivity (Wildman–Crippen MR) is 128 cm³/mol. The Kier molecular flexibility index (Phi) is 11.4. The van der Waals surface area contributed by atoms with Crippen molar-refractivity contribution < 1.29 is 28.7 Å². The molecule has 0 aliphatic rings. The van der Waals surface area contributed by atoms with E-state index in [1.165, 1.54) is 11.0 Å². The van der Waals surface area contributed by atoms with E-state index in [2.05, 4.69) is 23.1 Å². The van der Waals surface area contributed by atoms with Crippen molar-refractivity contribution in [2.75, 3.05) is 26.2 Å². The average Bonchev–Trinajstić information content (AvgIpc) is 2.76. The summed E-state index contributed by atoms with van der Waals surface area (Å²) >= 11 is 0. The molecule has 0 spiro atoms. The fourth-order valence-electron chi connectivity index (χ4n) is 2.99. The van der Waals surface area contributed by atoms with Gasteiger partial charge >= 0.3 is 12.1 Å². The van der Waals surface area contributed by atoms with Gasteiger partial charge < -0.3 is 25.0 Å². The molecule has 1 atom stereocenters. The summed E-state index contributed by atoms with van der Waals surface area (Å²) in [6.07, 6.45) is 6.30. The molecule has 0 saturated heterocycles. The number of esters is 1. The molecule has 0 saturated carbocycles. The second-order valence-corrected chi connectivity index (χ2v) is 8.17. The van der Waals surface area contributed by atoms with Gasteiger partial charge in [-0.2, -0.15) is 0 Å². The summed E-state index contributed by atoms with van der Waals surface area (Å²) in [6.45, 7) is 10.3. The lowest BCUT2D eigenvalue weighted by Gasteiger charge is -2.31. The Labute approximate surface area is 200 Å². The van der Waals surface area contributed by atoms with E-state index >= 15 is 0 Å². The van der Waals surface area contributed by atoms with Gasteiger partial charge in [0.05, 0.1) is 13.0 Å². The molecule has 0 radical (unpaired) electrons. The second-order valence-electron chi connectivity index (χ2n) is 8.17. The number of carbonyl (C=O) groups is 4. The Morgan fingerprint density at radius 3 is 2.47 bits per heavy atom. The summed E-state index contributed by atoms with van der Waals surface area (Å²) in [5, 5.41) is 5.07. The van der Waals surface area contributed by atoms with Crippen LogP contribution in [0.2, 0.25) is 0 Å². The monoisotopic (exact) mass is 471 g/mol. The summed E-state index contributed by atoms with van der Waals surface area (Å²) < 4.78 is 10.0. The summed E-state index contributed by atoms with van der Waals surface area (Å²) in [6, 6.07) is 5.60. The van der Waals surface area contributed by atoms with E-state index in [1.807, 2.05) is 0 Å². The van der Waals surface area contributed by atoms with Crippen LogP contribution in [0.5, 0.6) is 0 Å². The maximum atomic E-state index is 13.2. The molecule has 0 aromatic heterocycles. The van der Waals surface area contributed by atoms with Crippen molar-refractivity contribution in [3.63, 3.8) is 0 Å². The quantitative estimate of drug-likeness (QED) is 0.291. The van der Waals surface area contributed by atoms with E-state index in [1.54, 1.807) is 52.0 Å². The van der Waals surface area contributed by atoms with Crippen molar-refractivity contribution in [2.24, 2.45) is 0 Å². The van der Waals surface area contributed by atoms with Crippen LogP contribution >= 0.6 is 0 Å². The lowest BCUT2D eigenvalue weighted by atomic mass is 9.98. The molecule has 0 aliphatic heterocycles. The van der Waals surface area contributed by atoms with Crippen LogP contribution in [-0.2, 0) is 23.9 Å². The zero-order valence-corrected chi connectivity index (χ0v) is 20.2. The van der Waals surface area contributed by atoms with Gasteiger partial charge in [-0.1, -0.05) is 30.2 Å². The van der Waals surface area contributed by atoms with Gasteiger partial charge in [0.15, 0.2) is 0 Å². The number of amides is 3. The molecule has 1 aromatic rings. The van der Waals surface area contributed by atoms with Crippen LogP contribution in [0.15, 0.2) is 36.9 Å². The summed E-state index contributed by atoms with van der Waals surface area (Å²) in [5.74, 6) is 0.977. The van der Waals surface area contributed by atoms with E-state index in [0.29, 0.717) is 11.1 Å². The van der Waals surface area contributed by atoms with Crippen LogP contribution in [0, 0.1) is 12.3 Å². The Hall–Kier alpha value is -3.80. The largest absolute Gasteiger partial charge is 0.466 e. The molecule has 9 nitrogen and oxygen atoms in total. The number of nitrogens with one attached hydrogen (secondary N) is 2. The lowest BCUT2D eigenvalue weighted by molar-refractivity contribution is -0.143. The highest BCUT2D eigenvalue weighted by Gasteiger charge is 2.32. The van der Waals surface area contributed by atoms with Gasteiger partial charge in [-0.15, -0.1) is 13.0 Å². The molecule has 0 aliphatic carbocycles. The fraction of sp³-hybridized carbons (Fsp3) is 0.440. The third-order valence-electron chi connectivity index (χ3n) is 4.33. The number of benzene rings is 1. The zero-order valence-electron chi connectivity index (χ0n) is 20.2. The predicted octanol–water partition coefficient (Wildman–Crippen LogP) is 2.32. The fourth-order valence-corrected chi connectivity index (χ4v) is 2.99. The van der Waals surface area contributed by atoms with Gasteiger partial charge in [0.1, 0.15) is 18.2 Å². The smallest absolute Gasteiger partial charge is 0.408 e. The van der Waals surface area contributed by atoms with Crippen molar-refractivity contribution in [1.29, 1.82) is 0 Å². The van der Waals surface area contributed by atoms with Crippen LogP contribution in [-0.4, -0.2) is 60.6 Å². The standard InChI is InChI=1S/C25H33N3O6/c1-7-16-28(20(29)17-27-24(32)34-25(4,5)6)22(19-13-11-10-12-18(19)8-2)23(31)26-15-14-21(30)33-9-3/h2,7,10-13,22H,1,9,14-17H2,3-6H3,(H,26,31)(H,27,32). The Bertz CT molecular complexity index is 929. The highest BCUT2D eigenvalue weighted by atomic mass is 16.6. The summed E-state index contributed by atoms with van der Waals surface area (Å²) in [4.78, 5) is 51.2. The van der Waals surface area contributed by atoms with Gasteiger partial charge in [-0.3, -0.25) is 14.4 Å². The molecule has 1 rings (SSSR count). The molecule has 2 N–H and O–H groups in total. The number of nitrogens with zero attached hydrogens (tertiary/aromatic N) is 1. The van der Waals surface area contributed by atoms with E-state index in [0.717, 1.165) is 0 Å². The van der Waals surface area contributed by atoms with Gasteiger partial charge in [-0.25, -0.2) is 4.79 Å². The minimum absolute atomic E-state index is 0.00367. The summed E-state index contributed by atoms with van der Waals surface area (Å²) in [7, 11) is 0. The molecule has 34 heavy (non-hydrogen) atoms. The maximum Gasteiger partial charge on any atom is 0.408 e. The molecule has 0 fully saturated rings. The van der Waals surface area contributed by atoms with Gasteiger partial charge in [0, 0.05) is 18.7 Å². The lowest BCUT2D eigenvalue weighted by Crippen LogP contribution is -2.48. The third kappa shape index (κ3) is 9.36. The first-order valence-electron chi connectivity index (χ1n) is 10.9. The van der Waals surface area contributed by atoms with Crippen molar-refractivity contribution in [2.45, 2.75) is 45.8 Å². The van der Waals surface area contributed by atoms with Crippen LogP contribution in [0.25, 0.3) is 0 Å². The van der Waals surface area contributed by atoms with E-state index in [-0.39, 0.29) is 26.1 Å². The van der Waals surface area contributed by atoms with Crippen molar-refractivity contribution in [3.05, 3.63) is 48.0 Å². The summed E-state index contributed by atoms with van der Waals surface area (Å²) in [5.41, 5.74) is 0.113. The first-order chi connectivity index (χ1) is 16.0. The SMILES string of the molecule is C#Cc1ccccc1C(C(=O)NCCC(=O)OCC)N(CC=C)C(=O)CNC(=O)OC(C)(C)C. The zero-order chi connectivity index (χ0) is 25.7. The second kappa shape index (κ2) is 13.7. The molecule has 3 amide bonds. The van der Waals surface area contributed by atoms with Crippen LogP contribution in [0.3, 0.4) is 0 Å². The molecular weight excluding hydrogens is 438 g/mol. The third-order valence-corrected chi connectivity index (χ3v) is 4.33. The van der Waals surface area contributed by atoms with E-state index < -0.39 is 42.1 Å². The van der Waals surface area contributed by atoms with Gasteiger partial charge in [0.25, 0.3) is 0 Å². The van der Waals surface area contributed by atoms with Crippen LogP contribution < -0.4 is 10.6 Å². The normalized spacial score (nSPS) is 11.4. The molecular formula is C25H33N3O6. The Morgan fingerprint density at radius 2 is 1.88 bits per heavy atom. The molecule has 1 aromatic carbocycles. The van der Waals surface area contributed by atoms with Crippen molar-refractivity contribution >= 4 is 23.9 Å². The number of ether oxygens (including phenoxy) is 2. The first kappa shape index (κ1) is 28.2. The molecule has 1 unspecified atom stereocenters. The Morgan fingerprint density at radius 1 is 1.21 bits per heavy atom. The van der Waals surface area contributed by atoms with Crippen LogP contribution in [0.4, 0.5) is 4.79 Å². The van der Waals surface area contributed by atoms with Gasteiger partial charge in [-0.05, 0) is 39.3 Å². The number of terminal acetylenes is 1. The average molecular weight is 472 g/mol. The number of hydrogen-bond acceptors (Lipinski definition) is 6. The van der Waals surface area contributed by atoms with E-state index in [4.69, 9.17) is 15.9 Å². The number of hydrogen-bond donors (Lipinski definition) is 2. The molecule has 184 valence electrons. The minimum Gasteiger partial charge on any atom is -0.466 e.